The van der Waals surface area contributed by atoms with Gasteiger partial charge in [0.1, 0.15) is 12.3 Å². The number of carbonyl (C=O) groups excluding carboxylic acids is 1. The summed E-state index contributed by atoms with van der Waals surface area (Å²) in [6.07, 6.45) is -0.241. The third-order valence-electron chi connectivity index (χ3n) is 3.08. The number of nitrogens with zero attached hydrogens (tertiary/aromatic N) is 1. The highest BCUT2D eigenvalue weighted by molar-refractivity contribution is 5.75. The quantitative estimate of drug-likeness (QED) is 0.845. The van der Waals surface area contributed by atoms with Crippen LogP contribution in [0.4, 0.5) is 4.79 Å². The average molecular weight is 262 g/mol. The Labute approximate surface area is 114 Å². The molecule has 19 heavy (non-hydrogen) atoms. The van der Waals surface area contributed by atoms with E-state index in [-0.39, 0.29) is 23.9 Å². The molecule has 0 aromatic heterocycles. The molecule has 0 bridgehead atoms. The summed E-state index contributed by atoms with van der Waals surface area (Å²) in [5.41, 5.74) is 0.877. The van der Waals surface area contributed by atoms with Gasteiger partial charge < -0.3 is 10.1 Å². The Balaban J connectivity index is 2.04. The zero-order valence-electron chi connectivity index (χ0n) is 12.0. The highest BCUT2D eigenvalue weighted by Crippen LogP contribution is 2.28. The SMILES string of the molecule is CC1OC(c2ccccc2)CN1C(=O)NC(C)(C)C. The van der Waals surface area contributed by atoms with E-state index in [9.17, 15) is 4.79 Å². The Morgan fingerprint density at radius 1 is 1.32 bits per heavy atom. The molecule has 2 unspecified atom stereocenters. The van der Waals surface area contributed by atoms with Gasteiger partial charge in [-0.3, -0.25) is 4.90 Å². The molecule has 0 spiro atoms. The summed E-state index contributed by atoms with van der Waals surface area (Å²) < 4.78 is 5.86. The Bertz CT molecular complexity index is 439. The van der Waals surface area contributed by atoms with Crippen LogP contribution in [0.2, 0.25) is 0 Å². The summed E-state index contributed by atoms with van der Waals surface area (Å²) in [5, 5.41) is 2.97. The Hall–Kier alpha value is -1.55. The lowest BCUT2D eigenvalue weighted by atomic mass is 10.1. The number of amides is 2. The van der Waals surface area contributed by atoms with Crippen LogP contribution >= 0.6 is 0 Å². The second-order valence-electron chi connectivity index (χ2n) is 5.97. The molecule has 1 aliphatic heterocycles. The summed E-state index contributed by atoms with van der Waals surface area (Å²) in [7, 11) is 0. The largest absolute Gasteiger partial charge is 0.349 e. The summed E-state index contributed by atoms with van der Waals surface area (Å²) in [6.45, 7) is 8.42. The van der Waals surface area contributed by atoms with Gasteiger partial charge in [0.25, 0.3) is 0 Å². The fraction of sp³-hybridized carbons (Fsp3) is 0.533. The predicted octanol–water partition coefficient (Wildman–Crippen LogP) is 2.91. The van der Waals surface area contributed by atoms with Crippen LogP contribution in [0.1, 0.15) is 39.4 Å². The van der Waals surface area contributed by atoms with Crippen molar-refractivity contribution in [2.24, 2.45) is 0 Å². The molecule has 1 N–H and O–H groups in total. The number of rotatable bonds is 1. The van der Waals surface area contributed by atoms with Crippen molar-refractivity contribution in [3.63, 3.8) is 0 Å². The van der Waals surface area contributed by atoms with Crippen LogP contribution in [0.15, 0.2) is 30.3 Å². The average Bonchev–Trinajstić information content (AvgIpc) is 2.70. The van der Waals surface area contributed by atoms with E-state index in [1.807, 2.05) is 58.0 Å². The lowest BCUT2D eigenvalue weighted by Crippen LogP contribution is -2.49. The second-order valence-corrected chi connectivity index (χ2v) is 5.97. The van der Waals surface area contributed by atoms with E-state index < -0.39 is 0 Å². The van der Waals surface area contributed by atoms with Gasteiger partial charge in [0.2, 0.25) is 0 Å². The molecule has 1 aromatic carbocycles. The normalized spacial score (nSPS) is 23.5. The molecule has 0 saturated carbocycles. The zero-order valence-corrected chi connectivity index (χ0v) is 12.0. The first kappa shape index (κ1) is 13.9. The third-order valence-corrected chi connectivity index (χ3v) is 3.08. The van der Waals surface area contributed by atoms with Crippen molar-refractivity contribution >= 4 is 6.03 Å². The number of carbonyl (C=O) groups is 1. The molecular weight excluding hydrogens is 240 g/mol. The van der Waals surface area contributed by atoms with Crippen molar-refractivity contribution in [2.45, 2.75) is 45.6 Å². The number of urea groups is 1. The summed E-state index contributed by atoms with van der Waals surface area (Å²) >= 11 is 0. The number of hydrogen-bond donors (Lipinski definition) is 1. The minimum Gasteiger partial charge on any atom is -0.349 e. The van der Waals surface area contributed by atoms with Crippen molar-refractivity contribution in [2.75, 3.05) is 6.54 Å². The minimum atomic E-state index is -0.234. The van der Waals surface area contributed by atoms with Gasteiger partial charge in [0.15, 0.2) is 0 Å². The van der Waals surface area contributed by atoms with E-state index in [2.05, 4.69) is 5.32 Å². The third kappa shape index (κ3) is 3.47. The monoisotopic (exact) mass is 262 g/mol. The first-order valence-corrected chi connectivity index (χ1v) is 6.66. The molecular formula is C15H22N2O2. The smallest absolute Gasteiger partial charge is 0.319 e. The van der Waals surface area contributed by atoms with Gasteiger partial charge in [-0.25, -0.2) is 4.79 Å². The molecule has 1 heterocycles. The van der Waals surface area contributed by atoms with Gasteiger partial charge >= 0.3 is 6.03 Å². The minimum absolute atomic E-state index is 0.0399. The van der Waals surface area contributed by atoms with E-state index in [1.165, 1.54) is 0 Å². The van der Waals surface area contributed by atoms with E-state index in [4.69, 9.17) is 4.74 Å². The highest BCUT2D eigenvalue weighted by atomic mass is 16.5. The Morgan fingerprint density at radius 2 is 1.95 bits per heavy atom. The molecule has 4 heteroatoms. The molecule has 1 fully saturated rings. The first-order chi connectivity index (χ1) is 8.87. The molecule has 1 aliphatic rings. The maximum absolute atomic E-state index is 12.2. The first-order valence-electron chi connectivity index (χ1n) is 6.66. The summed E-state index contributed by atoms with van der Waals surface area (Å²) in [6, 6.07) is 9.94. The molecule has 104 valence electrons. The molecule has 2 amide bonds. The van der Waals surface area contributed by atoms with Gasteiger partial charge in [0, 0.05) is 5.54 Å². The fourth-order valence-corrected chi connectivity index (χ4v) is 2.17. The number of hydrogen-bond acceptors (Lipinski definition) is 2. The summed E-state index contributed by atoms with van der Waals surface area (Å²) in [5.74, 6) is 0. The van der Waals surface area contributed by atoms with Crippen LogP contribution in [0.25, 0.3) is 0 Å². The van der Waals surface area contributed by atoms with Gasteiger partial charge in [-0.05, 0) is 33.3 Å². The van der Waals surface area contributed by atoms with Crippen LogP contribution in [-0.2, 0) is 4.74 Å². The van der Waals surface area contributed by atoms with Crippen LogP contribution in [-0.4, -0.2) is 29.2 Å². The van der Waals surface area contributed by atoms with Gasteiger partial charge in [0.05, 0.1) is 6.54 Å². The van der Waals surface area contributed by atoms with Crippen molar-refractivity contribution in [3.05, 3.63) is 35.9 Å². The molecule has 0 aliphatic carbocycles. The Morgan fingerprint density at radius 3 is 2.53 bits per heavy atom. The number of nitrogens with one attached hydrogen (secondary N) is 1. The summed E-state index contributed by atoms with van der Waals surface area (Å²) in [4.78, 5) is 13.9. The van der Waals surface area contributed by atoms with Gasteiger partial charge in [-0.2, -0.15) is 0 Å². The zero-order chi connectivity index (χ0) is 14.0. The second kappa shape index (κ2) is 5.21. The molecule has 0 radical (unpaired) electrons. The number of ether oxygens (including phenoxy) is 1. The molecule has 1 aromatic rings. The van der Waals surface area contributed by atoms with Crippen molar-refractivity contribution in [1.82, 2.24) is 10.2 Å². The lowest BCUT2D eigenvalue weighted by molar-refractivity contribution is 0.0235. The van der Waals surface area contributed by atoms with E-state index >= 15 is 0 Å². The van der Waals surface area contributed by atoms with Crippen molar-refractivity contribution in [1.29, 1.82) is 0 Å². The maximum Gasteiger partial charge on any atom is 0.319 e. The van der Waals surface area contributed by atoms with E-state index in [1.54, 1.807) is 4.90 Å². The van der Waals surface area contributed by atoms with Crippen LogP contribution in [0.3, 0.4) is 0 Å². The van der Waals surface area contributed by atoms with Crippen LogP contribution in [0, 0.1) is 0 Å². The maximum atomic E-state index is 12.2. The molecule has 1 saturated heterocycles. The topological polar surface area (TPSA) is 41.6 Å². The van der Waals surface area contributed by atoms with E-state index in [0.717, 1.165) is 5.56 Å². The highest BCUT2D eigenvalue weighted by Gasteiger charge is 2.35. The Kier molecular flexibility index (Phi) is 3.80. The van der Waals surface area contributed by atoms with Crippen molar-refractivity contribution < 1.29 is 9.53 Å². The van der Waals surface area contributed by atoms with Crippen molar-refractivity contribution in [3.8, 4) is 0 Å². The predicted molar refractivity (Wildman–Crippen MR) is 74.7 cm³/mol. The molecule has 2 rings (SSSR count). The fourth-order valence-electron chi connectivity index (χ4n) is 2.17. The molecule has 4 nitrogen and oxygen atoms in total. The van der Waals surface area contributed by atoms with Gasteiger partial charge in [-0.15, -0.1) is 0 Å². The number of benzene rings is 1. The molecule has 2 atom stereocenters. The van der Waals surface area contributed by atoms with Crippen LogP contribution in [0.5, 0.6) is 0 Å². The standard InChI is InChI=1S/C15H22N2O2/c1-11-17(14(18)16-15(2,3)4)10-13(19-11)12-8-6-5-7-9-12/h5-9,11,13H,10H2,1-4H3,(H,16,18). The van der Waals surface area contributed by atoms with E-state index in [0.29, 0.717) is 6.54 Å². The van der Waals surface area contributed by atoms with Crippen LogP contribution < -0.4 is 5.32 Å². The lowest BCUT2D eigenvalue weighted by Gasteiger charge is -2.26. The van der Waals surface area contributed by atoms with Gasteiger partial charge in [-0.1, -0.05) is 30.3 Å².